The molecule has 1 heterocycles. The summed E-state index contributed by atoms with van der Waals surface area (Å²) in [5, 5.41) is 5.56. The monoisotopic (exact) mass is 481 g/mol. The number of methoxy groups -OCH3 is 1. The SMILES string of the molecule is CC.CC.CCCN(Cc1cc(F)c(Cc2n[nH]c(=O)o2)cc1F)S(C)(=O)=O.CCOC. The van der Waals surface area contributed by atoms with Gasteiger partial charge in [-0.1, -0.05) is 34.6 Å². The van der Waals surface area contributed by atoms with Gasteiger partial charge in [0, 0.05) is 37.9 Å². The fourth-order valence-corrected chi connectivity index (χ4v) is 3.07. The molecule has 2 rings (SSSR count). The molecule has 0 spiro atoms. The van der Waals surface area contributed by atoms with Crippen LogP contribution in [0.4, 0.5) is 8.78 Å². The Hall–Kier alpha value is -2.11. The summed E-state index contributed by atoms with van der Waals surface area (Å²) < 4.78 is 62.0. The molecule has 0 aliphatic carbocycles. The van der Waals surface area contributed by atoms with Crippen LogP contribution >= 0.6 is 0 Å². The lowest BCUT2D eigenvalue weighted by Gasteiger charge is -2.19. The molecule has 0 aliphatic rings. The number of sulfonamides is 1. The van der Waals surface area contributed by atoms with Crippen molar-refractivity contribution in [2.24, 2.45) is 0 Å². The van der Waals surface area contributed by atoms with E-state index in [0.29, 0.717) is 6.42 Å². The van der Waals surface area contributed by atoms with Crippen molar-refractivity contribution in [3.8, 4) is 0 Å². The maximum atomic E-state index is 14.2. The normalized spacial score (nSPS) is 10.3. The van der Waals surface area contributed by atoms with Crippen LogP contribution in [0.3, 0.4) is 0 Å². The van der Waals surface area contributed by atoms with Crippen molar-refractivity contribution >= 4 is 10.0 Å². The molecule has 0 bridgehead atoms. The molecular formula is C21H37F2N3O5S. The zero-order valence-electron chi connectivity index (χ0n) is 20.3. The average Bonchev–Trinajstić information content (AvgIpc) is 3.18. The second-order valence-corrected chi connectivity index (χ2v) is 7.88. The van der Waals surface area contributed by atoms with Gasteiger partial charge in [-0.05, 0) is 25.5 Å². The third kappa shape index (κ3) is 12.1. The Balaban J connectivity index is 0. The van der Waals surface area contributed by atoms with Gasteiger partial charge < -0.3 is 9.15 Å². The lowest BCUT2D eigenvalue weighted by Crippen LogP contribution is -2.30. The van der Waals surface area contributed by atoms with Crippen molar-refractivity contribution in [2.75, 3.05) is 26.5 Å². The smallest absolute Gasteiger partial charge is 0.392 e. The van der Waals surface area contributed by atoms with Crippen LogP contribution in [0.15, 0.2) is 21.3 Å². The van der Waals surface area contributed by atoms with Crippen LogP contribution in [0.5, 0.6) is 0 Å². The van der Waals surface area contributed by atoms with Crippen molar-refractivity contribution in [1.29, 1.82) is 0 Å². The molecule has 0 amide bonds. The van der Waals surface area contributed by atoms with Gasteiger partial charge >= 0.3 is 5.76 Å². The second kappa shape index (κ2) is 17.4. The van der Waals surface area contributed by atoms with E-state index in [4.69, 9.17) is 0 Å². The molecule has 0 atom stereocenters. The van der Waals surface area contributed by atoms with Gasteiger partial charge in [-0.15, -0.1) is 5.10 Å². The summed E-state index contributed by atoms with van der Waals surface area (Å²) in [6.45, 7) is 12.5. The fourth-order valence-electron chi connectivity index (χ4n) is 2.19. The zero-order chi connectivity index (χ0) is 25.3. The number of hydrogen-bond acceptors (Lipinski definition) is 6. The molecule has 0 aliphatic heterocycles. The second-order valence-electron chi connectivity index (χ2n) is 5.89. The zero-order valence-corrected chi connectivity index (χ0v) is 21.1. The molecule has 0 fully saturated rings. The van der Waals surface area contributed by atoms with Crippen LogP contribution in [-0.2, 0) is 27.7 Å². The number of H-pyrrole nitrogens is 1. The Morgan fingerprint density at radius 1 is 1.09 bits per heavy atom. The Bertz CT molecular complexity index is 912. The summed E-state index contributed by atoms with van der Waals surface area (Å²) in [6.07, 6.45) is 1.37. The van der Waals surface area contributed by atoms with Gasteiger partial charge in [0.05, 0.1) is 12.7 Å². The van der Waals surface area contributed by atoms with Gasteiger partial charge in [0.15, 0.2) is 0 Å². The molecule has 2 aromatic rings. The highest BCUT2D eigenvalue weighted by molar-refractivity contribution is 7.88. The van der Waals surface area contributed by atoms with E-state index in [1.165, 1.54) is 0 Å². The summed E-state index contributed by atoms with van der Waals surface area (Å²) in [5.74, 6) is -2.34. The van der Waals surface area contributed by atoms with Crippen LogP contribution in [0, 0.1) is 11.6 Å². The third-order valence-electron chi connectivity index (χ3n) is 3.62. The summed E-state index contributed by atoms with van der Waals surface area (Å²) in [7, 11) is -1.85. The highest BCUT2D eigenvalue weighted by atomic mass is 32.2. The number of hydrogen-bond donors (Lipinski definition) is 1. The number of nitrogens with zero attached hydrogens (tertiary/aromatic N) is 2. The van der Waals surface area contributed by atoms with Gasteiger partial charge in [-0.25, -0.2) is 27.1 Å². The summed E-state index contributed by atoms with van der Waals surface area (Å²) in [6, 6.07) is 1.90. The summed E-state index contributed by atoms with van der Waals surface area (Å²) in [5.41, 5.74) is -0.119. The molecule has 1 aromatic carbocycles. The van der Waals surface area contributed by atoms with Gasteiger partial charge in [0.1, 0.15) is 11.6 Å². The molecule has 0 saturated carbocycles. The van der Waals surface area contributed by atoms with Crippen LogP contribution < -0.4 is 5.76 Å². The van der Waals surface area contributed by atoms with Crippen LogP contribution in [0.25, 0.3) is 0 Å². The van der Waals surface area contributed by atoms with Crippen molar-refractivity contribution < 1.29 is 26.4 Å². The van der Waals surface area contributed by atoms with Gasteiger partial charge in [0.25, 0.3) is 0 Å². The average molecular weight is 482 g/mol. The summed E-state index contributed by atoms with van der Waals surface area (Å²) >= 11 is 0. The Kier molecular flexibility index (Phi) is 17.5. The largest absolute Gasteiger partial charge is 0.434 e. The van der Waals surface area contributed by atoms with E-state index in [2.05, 4.69) is 14.3 Å². The van der Waals surface area contributed by atoms with E-state index in [0.717, 1.165) is 29.3 Å². The number of rotatable bonds is 8. The van der Waals surface area contributed by atoms with Gasteiger partial charge in [-0.3, -0.25) is 0 Å². The number of aromatic amines is 1. The molecule has 1 N–H and O–H groups in total. The van der Waals surface area contributed by atoms with Crippen LogP contribution in [0.2, 0.25) is 0 Å². The van der Waals surface area contributed by atoms with Gasteiger partial charge in [0.2, 0.25) is 15.9 Å². The lowest BCUT2D eigenvalue weighted by atomic mass is 10.1. The van der Waals surface area contributed by atoms with Crippen LogP contribution in [-0.4, -0.2) is 49.4 Å². The van der Waals surface area contributed by atoms with E-state index in [9.17, 15) is 22.0 Å². The van der Waals surface area contributed by atoms with Gasteiger partial charge in [-0.2, -0.15) is 4.31 Å². The quantitative estimate of drug-likeness (QED) is 0.608. The molecule has 0 unspecified atom stereocenters. The minimum atomic E-state index is -3.53. The van der Waals surface area contributed by atoms with E-state index in [1.807, 2.05) is 39.7 Å². The van der Waals surface area contributed by atoms with E-state index >= 15 is 0 Å². The standard InChI is InChI=1S/C14H17F2N3O4S.C3H8O.2C2H6/c1-3-4-19(24(2,21)22)8-10-6-11(15)9(5-12(10)16)7-13-17-18-14(20)23-13;1-3-4-2;2*1-2/h5-6H,3-4,7-8H2,1-2H3,(H,18,20);3H2,1-2H3;2*1-2H3. The minimum absolute atomic E-state index is 0.0482. The number of nitrogens with one attached hydrogen (secondary N) is 1. The Morgan fingerprint density at radius 3 is 2.00 bits per heavy atom. The Morgan fingerprint density at radius 2 is 1.59 bits per heavy atom. The molecule has 32 heavy (non-hydrogen) atoms. The first-order valence-corrected chi connectivity index (χ1v) is 12.4. The first kappa shape index (κ1) is 32.1. The van der Waals surface area contributed by atoms with Crippen molar-refractivity contribution in [3.05, 3.63) is 51.3 Å². The summed E-state index contributed by atoms with van der Waals surface area (Å²) in [4.78, 5) is 10.8. The number of ether oxygens (including phenoxy) is 1. The molecule has 186 valence electrons. The molecule has 0 saturated heterocycles. The van der Waals surface area contributed by atoms with E-state index in [1.54, 1.807) is 14.0 Å². The number of benzene rings is 1. The van der Waals surface area contributed by atoms with Crippen molar-refractivity contribution in [3.63, 3.8) is 0 Å². The maximum Gasteiger partial charge on any atom is 0.434 e. The molecule has 0 radical (unpaired) electrons. The first-order valence-electron chi connectivity index (χ1n) is 10.6. The Labute approximate surface area is 190 Å². The lowest BCUT2D eigenvalue weighted by molar-refractivity contribution is 0.215. The van der Waals surface area contributed by atoms with E-state index in [-0.39, 0.29) is 36.5 Å². The highest BCUT2D eigenvalue weighted by Crippen LogP contribution is 2.20. The first-order chi connectivity index (χ1) is 15.1. The molecular weight excluding hydrogens is 444 g/mol. The fraction of sp³-hybridized carbons (Fsp3) is 0.619. The minimum Gasteiger partial charge on any atom is -0.392 e. The topological polar surface area (TPSA) is 106 Å². The van der Waals surface area contributed by atoms with E-state index < -0.39 is 27.4 Å². The highest BCUT2D eigenvalue weighted by Gasteiger charge is 2.20. The number of halogens is 2. The molecule has 11 heteroatoms. The van der Waals surface area contributed by atoms with Crippen molar-refractivity contribution in [2.45, 2.75) is 60.9 Å². The third-order valence-corrected chi connectivity index (χ3v) is 4.87. The van der Waals surface area contributed by atoms with Crippen LogP contribution in [0.1, 0.15) is 65.0 Å². The predicted octanol–water partition coefficient (Wildman–Crippen LogP) is 4.11. The maximum absolute atomic E-state index is 14.2. The molecule has 1 aromatic heterocycles. The molecule has 8 nitrogen and oxygen atoms in total. The number of aromatic nitrogens is 2. The van der Waals surface area contributed by atoms with Crippen molar-refractivity contribution in [1.82, 2.24) is 14.5 Å². The predicted molar refractivity (Wildman–Crippen MR) is 122 cm³/mol.